The molecule has 3 aromatic carbocycles. The summed E-state index contributed by atoms with van der Waals surface area (Å²) in [7, 11) is 1.92. The molecule has 1 amide bonds. The lowest BCUT2D eigenvalue weighted by atomic mass is 9.97. The molecule has 0 aliphatic carbocycles. The second-order valence-electron chi connectivity index (χ2n) is 6.65. The molecular weight excluding hydrogens is 339 g/mol. The van der Waals surface area contributed by atoms with Crippen LogP contribution >= 0.6 is 0 Å². The topological polar surface area (TPSA) is 32.3 Å². The molecule has 0 unspecified atom stereocenters. The lowest BCUT2D eigenvalue weighted by Gasteiger charge is -2.28. The number of carbonyl (C=O) groups is 1. The molecule has 0 aliphatic heterocycles. The fourth-order valence-corrected chi connectivity index (χ4v) is 3.21. The largest absolute Gasteiger partial charge is 0.325 e. The van der Waals surface area contributed by atoms with Crippen molar-refractivity contribution >= 4 is 11.6 Å². The van der Waals surface area contributed by atoms with Crippen LogP contribution in [-0.4, -0.2) is 24.4 Å². The molecule has 0 fully saturated rings. The van der Waals surface area contributed by atoms with Gasteiger partial charge in [0.1, 0.15) is 5.82 Å². The molecule has 3 rings (SSSR count). The van der Waals surface area contributed by atoms with Gasteiger partial charge in [0.15, 0.2) is 0 Å². The van der Waals surface area contributed by atoms with Crippen LogP contribution in [-0.2, 0) is 4.79 Å². The summed E-state index contributed by atoms with van der Waals surface area (Å²) in [6.07, 6.45) is 0. The van der Waals surface area contributed by atoms with Gasteiger partial charge in [-0.1, -0.05) is 66.7 Å². The van der Waals surface area contributed by atoms with Gasteiger partial charge in [0.05, 0.1) is 12.6 Å². The Kier molecular flexibility index (Phi) is 5.99. The molecule has 138 valence electrons. The third-order valence-corrected chi connectivity index (χ3v) is 4.54. The highest BCUT2D eigenvalue weighted by Crippen LogP contribution is 2.27. The summed E-state index contributed by atoms with van der Waals surface area (Å²) in [5.74, 6) is -0.543. The van der Waals surface area contributed by atoms with E-state index in [-0.39, 0.29) is 24.3 Å². The SMILES string of the molecule is Cc1ccc(F)cc1NC(=O)CN(C)C(c1ccccc1)c1ccccc1. The maximum atomic E-state index is 13.5. The molecule has 1 N–H and O–H groups in total. The van der Waals surface area contributed by atoms with Crippen molar-refractivity contribution in [2.75, 3.05) is 18.9 Å². The number of likely N-dealkylation sites (N-methyl/N-ethyl adjacent to an activating group) is 1. The van der Waals surface area contributed by atoms with E-state index in [1.54, 1.807) is 6.07 Å². The van der Waals surface area contributed by atoms with Gasteiger partial charge in [-0.15, -0.1) is 0 Å². The van der Waals surface area contributed by atoms with E-state index in [0.29, 0.717) is 5.69 Å². The number of halogens is 1. The highest BCUT2D eigenvalue weighted by atomic mass is 19.1. The van der Waals surface area contributed by atoms with Crippen LogP contribution in [0.3, 0.4) is 0 Å². The Morgan fingerprint density at radius 1 is 0.963 bits per heavy atom. The summed E-state index contributed by atoms with van der Waals surface area (Å²) in [4.78, 5) is 14.6. The van der Waals surface area contributed by atoms with Crippen molar-refractivity contribution in [1.82, 2.24) is 4.90 Å². The van der Waals surface area contributed by atoms with Crippen LogP contribution in [0.1, 0.15) is 22.7 Å². The van der Waals surface area contributed by atoms with Gasteiger partial charge in [-0.05, 0) is 42.8 Å². The number of nitrogens with one attached hydrogen (secondary N) is 1. The van der Waals surface area contributed by atoms with Gasteiger partial charge in [0.25, 0.3) is 0 Å². The molecule has 3 nitrogen and oxygen atoms in total. The first-order chi connectivity index (χ1) is 13.0. The third-order valence-electron chi connectivity index (χ3n) is 4.54. The van der Waals surface area contributed by atoms with Crippen LogP contribution in [0.2, 0.25) is 0 Å². The molecule has 0 atom stereocenters. The minimum atomic E-state index is -0.365. The van der Waals surface area contributed by atoms with Crippen LogP contribution in [0.15, 0.2) is 78.9 Å². The van der Waals surface area contributed by atoms with Crippen molar-refractivity contribution in [2.45, 2.75) is 13.0 Å². The second kappa shape index (κ2) is 8.60. The maximum absolute atomic E-state index is 13.5. The number of aryl methyl sites for hydroxylation is 1. The predicted octanol–water partition coefficient (Wildman–Crippen LogP) is 4.79. The molecule has 0 aromatic heterocycles. The quantitative estimate of drug-likeness (QED) is 0.683. The smallest absolute Gasteiger partial charge is 0.238 e. The predicted molar refractivity (Wildman–Crippen MR) is 107 cm³/mol. The summed E-state index contributed by atoms with van der Waals surface area (Å²) in [5, 5.41) is 2.82. The fourth-order valence-electron chi connectivity index (χ4n) is 3.21. The van der Waals surface area contributed by atoms with Gasteiger partial charge in [-0.3, -0.25) is 9.69 Å². The van der Waals surface area contributed by atoms with E-state index in [2.05, 4.69) is 29.6 Å². The van der Waals surface area contributed by atoms with E-state index >= 15 is 0 Å². The summed E-state index contributed by atoms with van der Waals surface area (Å²) in [5.41, 5.74) is 3.56. The summed E-state index contributed by atoms with van der Waals surface area (Å²) in [6.45, 7) is 2.03. The summed E-state index contributed by atoms with van der Waals surface area (Å²) < 4.78 is 13.5. The van der Waals surface area contributed by atoms with Crippen LogP contribution in [0.25, 0.3) is 0 Å². The first-order valence-electron chi connectivity index (χ1n) is 8.91. The highest BCUT2D eigenvalue weighted by molar-refractivity contribution is 5.93. The highest BCUT2D eigenvalue weighted by Gasteiger charge is 2.21. The van der Waals surface area contributed by atoms with Crippen molar-refractivity contribution in [2.24, 2.45) is 0 Å². The van der Waals surface area contributed by atoms with E-state index in [1.165, 1.54) is 12.1 Å². The average Bonchev–Trinajstić information content (AvgIpc) is 2.66. The molecular formula is C23H23FN2O. The van der Waals surface area contributed by atoms with Crippen LogP contribution in [0, 0.1) is 12.7 Å². The molecule has 0 aliphatic rings. The van der Waals surface area contributed by atoms with Crippen LogP contribution in [0.4, 0.5) is 10.1 Å². The Morgan fingerprint density at radius 2 is 1.52 bits per heavy atom. The molecule has 0 bridgehead atoms. The molecule has 4 heteroatoms. The van der Waals surface area contributed by atoms with Crippen molar-refractivity contribution in [1.29, 1.82) is 0 Å². The Bertz CT molecular complexity index is 857. The Morgan fingerprint density at radius 3 is 2.07 bits per heavy atom. The van der Waals surface area contributed by atoms with Gasteiger partial charge in [-0.25, -0.2) is 4.39 Å². The molecule has 0 saturated heterocycles. The number of rotatable bonds is 6. The number of nitrogens with zero attached hydrogens (tertiary/aromatic N) is 1. The van der Waals surface area contributed by atoms with Gasteiger partial charge in [0.2, 0.25) is 5.91 Å². The zero-order valence-electron chi connectivity index (χ0n) is 15.5. The van der Waals surface area contributed by atoms with Crippen LogP contribution in [0.5, 0.6) is 0 Å². The fraction of sp³-hybridized carbons (Fsp3) is 0.174. The molecule has 0 radical (unpaired) electrons. The van der Waals surface area contributed by atoms with Gasteiger partial charge in [-0.2, -0.15) is 0 Å². The lowest BCUT2D eigenvalue weighted by Crippen LogP contribution is -2.34. The van der Waals surface area contributed by atoms with Crippen molar-refractivity contribution in [3.05, 3.63) is 101 Å². The van der Waals surface area contributed by atoms with Crippen molar-refractivity contribution in [3.63, 3.8) is 0 Å². The van der Waals surface area contributed by atoms with Crippen molar-refractivity contribution in [3.8, 4) is 0 Å². The Hall–Kier alpha value is -2.98. The summed E-state index contributed by atoms with van der Waals surface area (Å²) >= 11 is 0. The number of hydrogen-bond donors (Lipinski definition) is 1. The number of anilines is 1. The molecule has 0 heterocycles. The standard InChI is InChI=1S/C23H23FN2O/c1-17-13-14-20(24)15-21(17)25-22(27)16-26(2)23(18-9-5-3-6-10-18)19-11-7-4-8-12-19/h3-15,23H,16H2,1-2H3,(H,25,27). The molecule has 27 heavy (non-hydrogen) atoms. The lowest BCUT2D eigenvalue weighted by molar-refractivity contribution is -0.117. The minimum Gasteiger partial charge on any atom is -0.325 e. The van der Waals surface area contributed by atoms with Crippen LogP contribution < -0.4 is 5.32 Å². The van der Waals surface area contributed by atoms with E-state index in [1.807, 2.05) is 55.3 Å². The second-order valence-corrected chi connectivity index (χ2v) is 6.65. The third kappa shape index (κ3) is 4.80. The normalized spacial score (nSPS) is 11.0. The zero-order chi connectivity index (χ0) is 19.2. The van der Waals surface area contributed by atoms with E-state index in [4.69, 9.17) is 0 Å². The van der Waals surface area contributed by atoms with E-state index < -0.39 is 0 Å². The van der Waals surface area contributed by atoms with E-state index in [0.717, 1.165) is 16.7 Å². The maximum Gasteiger partial charge on any atom is 0.238 e. The number of amides is 1. The Balaban J connectivity index is 1.79. The monoisotopic (exact) mass is 362 g/mol. The zero-order valence-corrected chi connectivity index (χ0v) is 15.5. The number of benzene rings is 3. The molecule has 0 saturated carbocycles. The minimum absolute atomic E-state index is 0.0493. The number of hydrogen-bond acceptors (Lipinski definition) is 2. The van der Waals surface area contributed by atoms with E-state index in [9.17, 15) is 9.18 Å². The average molecular weight is 362 g/mol. The van der Waals surface area contributed by atoms with Gasteiger partial charge >= 0.3 is 0 Å². The molecule has 3 aromatic rings. The first-order valence-corrected chi connectivity index (χ1v) is 8.91. The van der Waals surface area contributed by atoms with Gasteiger partial charge < -0.3 is 5.32 Å². The molecule has 0 spiro atoms. The number of carbonyl (C=O) groups excluding carboxylic acids is 1. The first kappa shape index (κ1) is 18.8. The Labute approximate surface area is 159 Å². The van der Waals surface area contributed by atoms with Crippen molar-refractivity contribution < 1.29 is 9.18 Å². The summed E-state index contributed by atoms with van der Waals surface area (Å²) in [6, 6.07) is 24.5. The van der Waals surface area contributed by atoms with Gasteiger partial charge in [0, 0.05) is 5.69 Å².